The Labute approximate surface area is 122 Å². The van der Waals surface area contributed by atoms with E-state index in [0.29, 0.717) is 6.42 Å². The van der Waals surface area contributed by atoms with Gasteiger partial charge in [0.05, 0.1) is 0 Å². The molecule has 2 rings (SSSR count). The average Bonchev–Trinajstić information content (AvgIpc) is 2.91. The van der Waals surface area contributed by atoms with Gasteiger partial charge in [-0.05, 0) is 44.4 Å². The maximum Gasteiger partial charge on any atom is 0.429 e. The van der Waals surface area contributed by atoms with Crippen LogP contribution in [0.5, 0.6) is 0 Å². The van der Waals surface area contributed by atoms with Crippen LogP contribution in [0.15, 0.2) is 0 Å². The highest BCUT2D eigenvalue weighted by molar-refractivity contribution is 5.18. The molecular formula is C13H17F7O2. The standard InChI is InChI=1S/C13H17F7O2/c1-2-21-7-22-11(12(15,16)17,13(18,19)20)10(14)6-8-3-4-9(10)5-8/h8-9H,2-7H2,1H3. The zero-order valence-corrected chi connectivity index (χ0v) is 11.9. The molecular weight excluding hydrogens is 321 g/mol. The monoisotopic (exact) mass is 338 g/mol. The Bertz CT molecular complexity index is 392. The summed E-state index contributed by atoms with van der Waals surface area (Å²) >= 11 is 0. The minimum absolute atomic E-state index is 0.00702. The molecule has 0 spiro atoms. The van der Waals surface area contributed by atoms with Crippen LogP contribution in [-0.2, 0) is 9.47 Å². The van der Waals surface area contributed by atoms with E-state index in [-0.39, 0.29) is 19.4 Å². The SMILES string of the molecule is CCOCOC(C(F)(F)F)(C(F)(F)F)C1(F)CC2CCC1C2. The minimum Gasteiger partial charge on any atom is -0.356 e. The summed E-state index contributed by atoms with van der Waals surface area (Å²) in [5, 5.41) is 0. The minimum atomic E-state index is -5.93. The highest BCUT2D eigenvalue weighted by atomic mass is 19.4. The molecule has 3 unspecified atom stereocenters. The zero-order valence-electron chi connectivity index (χ0n) is 11.9. The Morgan fingerprint density at radius 2 is 1.64 bits per heavy atom. The number of alkyl halides is 7. The van der Waals surface area contributed by atoms with Crippen molar-refractivity contribution >= 4 is 0 Å². The molecule has 0 amide bonds. The lowest BCUT2D eigenvalue weighted by molar-refractivity contribution is -0.430. The molecule has 2 nitrogen and oxygen atoms in total. The van der Waals surface area contributed by atoms with Gasteiger partial charge in [0, 0.05) is 6.61 Å². The molecule has 0 aromatic rings. The Kier molecular flexibility index (Phi) is 4.45. The highest BCUT2D eigenvalue weighted by Crippen LogP contribution is 2.65. The molecule has 3 atom stereocenters. The predicted octanol–water partition coefficient (Wildman–Crippen LogP) is 4.39. The van der Waals surface area contributed by atoms with Crippen LogP contribution >= 0.6 is 0 Å². The molecule has 0 aromatic heterocycles. The van der Waals surface area contributed by atoms with Crippen molar-refractivity contribution in [2.75, 3.05) is 13.4 Å². The van der Waals surface area contributed by atoms with E-state index in [4.69, 9.17) is 0 Å². The summed E-state index contributed by atoms with van der Waals surface area (Å²) in [6.45, 7) is -0.0231. The number of halogens is 7. The molecule has 2 aliphatic carbocycles. The van der Waals surface area contributed by atoms with E-state index in [1.807, 2.05) is 0 Å². The van der Waals surface area contributed by atoms with Gasteiger partial charge in [-0.15, -0.1) is 0 Å². The van der Waals surface area contributed by atoms with Crippen molar-refractivity contribution in [2.24, 2.45) is 11.8 Å². The molecule has 2 saturated carbocycles. The Hall–Kier alpha value is -0.570. The Balaban J connectivity index is 2.48. The molecule has 0 radical (unpaired) electrons. The molecule has 22 heavy (non-hydrogen) atoms. The zero-order chi connectivity index (χ0) is 16.8. The second-order valence-corrected chi connectivity index (χ2v) is 5.87. The van der Waals surface area contributed by atoms with Crippen molar-refractivity contribution in [2.45, 2.75) is 56.2 Å². The van der Waals surface area contributed by atoms with Crippen molar-refractivity contribution in [1.82, 2.24) is 0 Å². The van der Waals surface area contributed by atoms with Crippen LogP contribution in [0.4, 0.5) is 30.7 Å². The van der Waals surface area contributed by atoms with Crippen LogP contribution in [0.3, 0.4) is 0 Å². The second-order valence-electron chi connectivity index (χ2n) is 5.87. The van der Waals surface area contributed by atoms with Crippen LogP contribution in [0.2, 0.25) is 0 Å². The fourth-order valence-corrected chi connectivity index (χ4v) is 3.82. The summed E-state index contributed by atoms with van der Waals surface area (Å²) in [4.78, 5) is 0. The first-order chi connectivity index (χ1) is 9.99. The lowest BCUT2D eigenvalue weighted by Crippen LogP contribution is -2.72. The van der Waals surface area contributed by atoms with Crippen LogP contribution in [0, 0.1) is 11.8 Å². The third kappa shape index (κ3) is 2.40. The van der Waals surface area contributed by atoms with E-state index in [9.17, 15) is 26.3 Å². The number of hydrogen-bond donors (Lipinski definition) is 0. The molecule has 0 saturated heterocycles. The van der Waals surface area contributed by atoms with Gasteiger partial charge in [-0.1, -0.05) is 0 Å². The smallest absolute Gasteiger partial charge is 0.356 e. The summed E-state index contributed by atoms with van der Waals surface area (Å²) in [6, 6.07) is 0. The maximum atomic E-state index is 15.1. The largest absolute Gasteiger partial charge is 0.429 e. The quantitative estimate of drug-likeness (QED) is 0.421. The van der Waals surface area contributed by atoms with Crippen molar-refractivity contribution in [3.63, 3.8) is 0 Å². The lowest BCUT2D eigenvalue weighted by Gasteiger charge is -2.48. The van der Waals surface area contributed by atoms with Crippen molar-refractivity contribution in [1.29, 1.82) is 0 Å². The average molecular weight is 338 g/mol. The van der Waals surface area contributed by atoms with E-state index in [1.54, 1.807) is 0 Å². The lowest BCUT2D eigenvalue weighted by atomic mass is 9.72. The van der Waals surface area contributed by atoms with Crippen LogP contribution in [0.25, 0.3) is 0 Å². The Morgan fingerprint density at radius 1 is 1.05 bits per heavy atom. The first-order valence-corrected chi connectivity index (χ1v) is 7.03. The van der Waals surface area contributed by atoms with Crippen molar-refractivity contribution < 1.29 is 40.2 Å². The molecule has 2 aliphatic rings. The molecule has 2 bridgehead atoms. The number of hydrogen-bond acceptors (Lipinski definition) is 2. The molecule has 9 heteroatoms. The molecule has 2 fully saturated rings. The third-order valence-electron chi connectivity index (χ3n) is 4.72. The molecule has 130 valence electrons. The van der Waals surface area contributed by atoms with Gasteiger partial charge in [-0.3, -0.25) is 0 Å². The molecule has 0 aliphatic heterocycles. The van der Waals surface area contributed by atoms with E-state index in [2.05, 4.69) is 9.47 Å². The summed E-state index contributed by atoms with van der Waals surface area (Å²) in [5.74, 6) is -1.77. The highest BCUT2D eigenvalue weighted by Gasteiger charge is 2.85. The van der Waals surface area contributed by atoms with Gasteiger partial charge in [0.15, 0.2) is 5.67 Å². The number of rotatable bonds is 5. The fraction of sp³-hybridized carbons (Fsp3) is 1.00. The van der Waals surface area contributed by atoms with Crippen LogP contribution < -0.4 is 0 Å². The van der Waals surface area contributed by atoms with Crippen LogP contribution in [-0.4, -0.2) is 37.0 Å². The van der Waals surface area contributed by atoms with Gasteiger partial charge >= 0.3 is 12.4 Å². The first kappa shape index (κ1) is 17.8. The molecule has 0 N–H and O–H groups in total. The van der Waals surface area contributed by atoms with Gasteiger partial charge in [0.25, 0.3) is 5.60 Å². The van der Waals surface area contributed by atoms with Gasteiger partial charge in [-0.2, -0.15) is 26.3 Å². The normalized spacial score (nSPS) is 32.7. The van der Waals surface area contributed by atoms with Crippen molar-refractivity contribution in [3.05, 3.63) is 0 Å². The predicted molar refractivity (Wildman–Crippen MR) is 61.7 cm³/mol. The first-order valence-electron chi connectivity index (χ1n) is 7.03. The fourth-order valence-electron chi connectivity index (χ4n) is 3.82. The van der Waals surface area contributed by atoms with E-state index >= 15 is 4.39 Å². The second kappa shape index (κ2) is 5.51. The Morgan fingerprint density at radius 3 is 2.00 bits per heavy atom. The van der Waals surface area contributed by atoms with Gasteiger partial charge in [0.1, 0.15) is 6.79 Å². The summed E-state index contributed by atoms with van der Waals surface area (Å²) in [7, 11) is 0. The number of fused-ring (bicyclic) bond motifs is 2. The van der Waals surface area contributed by atoms with Crippen molar-refractivity contribution in [3.8, 4) is 0 Å². The number of ether oxygens (including phenoxy) is 2. The van der Waals surface area contributed by atoms with Crippen LogP contribution in [0.1, 0.15) is 32.6 Å². The van der Waals surface area contributed by atoms with E-state index < -0.39 is 48.7 Å². The molecule has 0 heterocycles. The summed E-state index contributed by atoms with van der Waals surface area (Å²) < 4.78 is 104. The van der Waals surface area contributed by atoms with Gasteiger partial charge in [-0.25, -0.2) is 4.39 Å². The van der Waals surface area contributed by atoms with Gasteiger partial charge < -0.3 is 9.47 Å². The summed E-state index contributed by atoms with van der Waals surface area (Å²) in [6.07, 6.45) is -12.2. The topological polar surface area (TPSA) is 18.5 Å². The van der Waals surface area contributed by atoms with Gasteiger partial charge in [0.2, 0.25) is 0 Å². The maximum absolute atomic E-state index is 15.1. The van der Waals surface area contributed by atoms with E-state index in [0.717, 1.165) is 0 Å². The molecule has 0 aromatic carbocycles. The third-order valence-corrected chi connectivity index (χ3v) is 4.72. The summed E-state index contributed by atoms with van der Waals surface area (Å²) in [5.41, 5.74) is -8.36. The van der Waals surface area contributed by atoms with E-state index in [1.165, 1.54) is 6.92 Å².